The molecule has 0 unspecified atom stereocenters. The van der Waals surface area contributed by atoms with Crippen LogP contribution in [0.1, 0.15) is 21.7 Å². The Morgan fingerprint density at radius 1 is 1.56 bits per heavy atom. The Balaban J connectivity index is 2.16. The van der Waals surface area contributed by atoms with E-state index >= 15 is 0 Å². The first-order chi connectivity index (χ1) is 7.66. The average Bonchev–Trinajstić information content (AvgIpc) is 2.84. The van der Waals surface area contributed by atoms with Crippen LogP contribution >= 0.6 is 0 Å². The number of carbonyl (C=O) groups excluding carboxylic acids is 1. The number of carbonyl (C=O) groups is 1. The van der Waals surface area contributed by atoms with Gasteiger partial charge in [0.05, 0.1) is 11.4 Å². The third-order valence-electron chi connectivity index (χ3n) is 2.33. The first-order valence-corrected chi connectivity index (χ1v) is 5.03. The maximum atomic E-state index is 11.7. The fraction of sp³-hybridized carbons (Fsp3) is 0.167. The summed E-state index contributed by atoms with van der Waals surface area (Å²) in [7, 11) is 1.86. The molecule has 0 fully saturated rings. The number of aromatic amines is 1. The number of nitrogens with zero attached hydrogens (tertiary/aromatic N) is 2. The Labute approximate surface area is 93.6 Å². The second-order valence-corrected chi connectivity index (χ2v) is 3.62. The van der Waals surface area contributed by atoms with Crippen LogP contribution in [0.25, 0.3) is 6.08 Å². The van der Waals surface area contributed by atoms with Gasteiger partial charge in [-0.25, -0.2) is 0 Å². The van der Waals surface area contributed by atoms with E-state index in [1.165, 1.54) is 0 Å². The van der Waals surface area contributed by atoms with Crippen molar-refractivity contribution < 1.29 is 4.79 Å². The van der Waals surface area contributed by atoms with E-state index in [4.69, 9.17) is 0 Å². The highest BCUT2D eigenvalue weighted by Gasteiger charge is 2.03. The quantitative estimate of drug-likeness (QED) is 0.628. The summed E-state index contributed by atoms with van der Waals surface area (Å²) >= 11 is 0. The maximum absolute atomic E-state index is 11.7. The minimum Gasteiger partial charge on any atom is -0.359 e. The van der Waals surface area contributed by atoms with Crippen LogP contribution < -0.4 is 0 Å². The zero-order valence-electron chi connectivity index (χ0n) is 9.27. The molecule has 2 rings (SSSR count). The van der Waals surface area contributed by atoms with Crippen molar-refractivity contribution >= 4 is 11.9 Å². The second kappa shape index (κ2) is 4.18. The summed E-state index contributed by atoms with van der Waals surface area (Å²) in [5, 5.41) is 4.20. The van der Waals surface area contributed by atoms with Gasteiger partial charge in [-0.3, -0.25) is 9.48 Å². The Morgan fingerprint density at radius 2 is 2.38 bits per heavy atom. The highest BCUT2D eigenvalue weighted by Crippen LogP contribution is 2.08. The molecule has 0 saturated carbocycles. The topological polar surface area (TPSA) is 50.7 Å². The third-order valence-corrected chi connectivity index (χ3v) is 2.33. The van der Waals surface area contributed by atoms with Gasteiger partial charge in [-0.1, -0.05) is 0 Å². The lowest BCUT2D eigenvalue weighted by atomic mass is 10.2. The zero-order chi connectivity index (χ0) is 11.5. The average molecular weight is 215 g/mol. The number of rotatable bonds is 3. The molecule has 2 heterocycles. The van der Waals surface area contributed by atoms with Crippen LogP contribution in [-0.4, -0.2) is 20.5 Å². The highest BCUT2D eigenvalue weighted by atomic mass is 16.1. The van der Waals surface area contributed by atoms with Gasteiger partial charge >= 0.3 is 0 Å². The van der Waals surface area contributed by atoms with Crippen molar-refractivity contribution in [2.75, 3.05) is 0 Å². The van der Waals surface area contributed by atoms with Crippen LogP contribution in [0.5, 0.6) is 0 Å². The fourth-order valence-electron chi connectivity index (χ4n) is 1.52. The van der Waals surface area contributed by atoms with Crippen molar-refractivity contribution in [1.29, 1.82) is 0 Å². The lowest BCUT2D eigenvalue weighted by molar-refractivity contribution is 0.104. The first kappa shape index (κ1) is 10.4. The number of allylic oxidation sites excluding steroid dienone is 1. The van der Waals surface area contributed by atoms with E-state index in [0.29, 0.717) is 5.69 Å². The van der Waals surface area contributed by atoms with E-state index in [-0.39, 0.29) is 5.78 Å². The Morgan fingerprint density at radius 3 is 2.94 bits per heavy atom. The molecular formula is C12H13N3O. The van der Waals surface area contributed by atoms with E-state index in [9.17, 15) is 4.79 Å². The molecule has 0 saturated heterocycles. The second-order valence-electron chi connectivity index (χ2n) is 3.62. The number of nitrogens with one attached hydrogen (secondary N) is 1. The minimum absolute atomic E-state index is 0.0340. The minimum atomic E-state index is -0.0340. The normalized spacial score (nSPS) is 11.1. The molecule has 0 atom stereocenters. The summed E-state index contributed by atoms with van der Waals surface area (Å²) in [5.74, 6) is -0.0340. The Hall–Kier alpha value is -2.10. The number of H-pyrrole nitrogens is 1. The van der Waals surface area contributed by atoms with Gasteiger partial charge < -0.3 is 4.98 Å². The third kappa shape index (κ3) is 2.11. The smallest absolute Gasteiger partial charge is 0.201 e. The van der Waals surface area contributed by atoms with Crippen LogP contribution in [0.3, 0.4) is 0 Å². The molecule has 0 amide bonds. The van der Waals surface area contributed by atoms with Gasteiger partial charge in [0.2, 0.25) is 5.78 Å². The van der Waals surface area contributed by atoms with Gasteiger partial charge in [-0.2, -0.15) is 5.10 Å². The molecule has 0 aliphatic heterocycles. The number of hydrogen-bond donors (Lipinski definition) is 1. The highest BCUT2D eigenvalue weighted by molar-refractivity contribution is 6.05. The zero-order valence-corrected chi connectivity index (χ0v) is 9.27. The molecule has 82 valence electrons. The summed E-state index contributed by atoms with van der Waals surface area (Å²) in [6.07, 6.45) is 6.95. The lowest BCUT2D eigenvalue weighted by Crippen LogP contribution is -1.93. The van der Waals surface area contributed by atoms with Crippen molar-refractivity contribution in [3.05, 3.63) is 47.6 Å². The fourth-order valence-corrected chi connectivity index (χ4v) is 1.52. The summed E-state index contributed by atoms with van der Waals surface area (Å²) in [6, 6.07) is 3.55. The molecule has 0 radical (unpaired) electrons. The van der Waals surface area contributed by atoms with Crippen molar-refractivity contribution in [3.63, 3.8) is 0 Å². The SMILES string of the molecule is Cc1nn(C)cc1/C=C/C(=O)c1ccc[nH]1. The van der Waals surface area contributed by atoms with Gasteiger partial charge in [-0.05, 0) is 31.2 Å². The van der Waals surface area contributed by atoms with Gasteiger partial charge in [0, 0.05) is 25.0 Å². The molecule has 2 aromatic heterocycles. The summed E-state index contributed by atoms with van der Waals surface area (Å²) in [6.45, 7) is 1.92. The largest absolute Gasteiger partial charge is 0.359 e. The molecule has 2 aromatic rings. The van der Waals surface area contributed by atoms with Crippen LogP contribution in [0.4, 0.5) is 0 Å². The van der Waals surface area contributed by atoms with E-state index in [1.54, 1.807) is 35.2 Å². The molecule has 4 nitrogen and oxygen atoms in total. The number of aryl methyl sites for hydroxylation is 2. The molecular weight excluding hydrogens is 202 g/mol. The monoisotopic (exact) mass is 215 g/mol. The summed E-state index contributed by atoms with van der Waals surface area (Å²) in [4.78, 5) is 14.5. The molecule has 4 heteroatoms. The Kier molecular flexibility index (Phi) is 2.72. The summed E-state index contributed by atoms with van der Waals surface area (Å²) in [5.41, 5.74) is 2.47. The Bertz CT molecular complexity index is 520. The van der Waals surface area contributed by atoms with Crippen LogP contribution in [0.2, 0.25) is 0 Å². The van der Waals surface area contributed by atoms with E-state index in [2.05, 4.69) is 10.1 Å². The molecule has 0 bridgehead atoms. The number of ketones is 1. The molecule has 1 N–H and O–H groups in total. The molecule has 0 aliphatic rings. The van der Waals surface area contributed by atoms with Crippen LogP contribution in [0.15, 0.2) is 30.6 Å². The molecule has 0 spiro atoms. The van der Waals surface area contributed by atoms with Crippen molar-refractivity contribution in [2.45, 2.75) is 6.92 Å². The summed E-state index contributed by atoms with van der Waals surface area (Å²) < 4.78 is 1.73. The van der Waals surface area contributed by atoms with Gasteiger partial charge in [-0.15, -0.1) is 0 Å². The van der Waals surface area contributed by atoms with Crippen molar-refractivity contribution in [3.8, 4) is 0 Å². The van der Waals surface area contributed by atoms with E-state index in [1.807, 2.05) is 20.2 Å². The molecule has 16 heavy (non-hydrogen) atoms. The predicted octanol–water partition coefficient (Wildman–Crippen LogP) is 1.95. The van der Waals surface area contributed by atoms with Crippen molar-refractivity contribution in [2.24, 2.45) is 7.05 Å². The van der Waals surface area contributed by atoms with Gasteiger partial charge in [0.1, 0.15) is 0 Å². The van der Waals surface area contributed by atoms with E-state index in [0.717, 1.165) is 11.3 Å². The molecule has 0 aliphatic carbocycles. The van der Waals surface area contributed by atoms with Crippen LogP contribution in [-0.2, 0) is 7.05 Å². The number of hydrogen-bond acceptors (Lipinski definition) is 2. The van der Waals surface area contributed by atoms with E-state index < -0.39 is 0 Å². The predicted molar refractivity (Wildman–Crippen MR) is 62.1 cm³/mol. The van der Waals surface area contributed by atoms with Crippen molar-refractivity contribution in [1.82, 2.24) is 14.8 Å². The molecule has 0 aromatic carbocycles. The van der Waals surface area contributed by atoms with Gasteiger partial charge in [0.15, 0.2) is 0 Å². The van der Waals surface area contributed by atoms with Crippen LogP contribution in [0, 0.1) is 6.92 Å². The van der Waals surface area contributed by atoms with Gasteiger partial charge in [0.25, 0.3) is 0 Å². The number of aromatic nitrogens is 3. The maximum Gasteiger partial charge on any atom is 0.201 e. The standard InChI is InChI=1S/C12H13N3O/c1-9-10(8-15(2)14-9)5-6-12(16)11-4-3-7-13-11/h3-8,13H,1-2H3/b6-5+. The first-order valence-electron chi connectivity index (χ1n) is 5.03. The lowest BCUT2D eigenvalue weighted by Gasteiger charge is -1.89.